The standard InChI is InChI=1S/C17H24N2O/c1-13-5-4-9-19(10-8-13)12-15(18)17-11-14-6-2-3-7-16(14)20-17/h2-3,6-7,11,13,15H,4-5,8-10,12,18H2,1H3. The molecule has 3 rings (SSSR count). The summed E-state index contributed by atoms with van der Waals surface area (Å²) in [7, 11) is 0. The molecule has 1 aromatic carbocycles. The van der Waals surface area contributed by atoms with Crippen molar-refractivity contribution in [3.05, 3.63) is 36.1 Å². The van der Waals surface area contributed by atoms with E-state index in [4.69, 9.17) is 10.2 Å². The Labute approximate surface area is 120 Å². The molecule has 1 fully saturated rings. The zero-order chi connectivity index (χ0) is 13.9. The number of benzene rings is 1. The summed E-state index contributed by atoms with van der Waals surface area (Å²) in [6, 6.07) is 10.2. The van der Waals surface area contributed by atoms with Crippen LogP contribution in [-0.4, -0.2) is 24.5 Å². The zero-order valence-corrected chi connectivity index (χ0v) is 12.2. The Balaban J connectivity index is 1.67. The van der Waals surface area contributed by atoms with Gasteiger partial charge in [-0.3, -0.25) is 0 Å². The Morgan fingerprint density at radius 1 is 1.30 bits per heavy atom. The summed E-state index contributed by atoms with van der Waals surface area (Å²) in [5.41, 5.74) is 7.27. The van der Waals surface area contributed by atoms with Crippen LogP contribution in [0.1, 0.15) is 38.0 Å². The molecule has 0 bridgehead atoms. The summed E-state index contributed by atoms with van der Waals surface area (Å²) in [6.45, 7) is 5.57. The predicted molar refractivity (Wildman–Crippen MR) is 82.6 cm³/mol. The fourth-order valence-corrected chi connectivity index (χ4v) is 3.06. The van der Waals surface area contributed by atoms with Crippen molar-refractivity contribution in [2.24, 2.45) is 11.7 Å². The summed E-state index contributed by atoms with van der Waals surface area (Å²) < 4.78 is 5.87. The largest absolute Gasteiger partial charge is 0.459 e. The van der Waals surface area contributed by atoms with Crippen molar-refractivity contribution in [1.29, 1.82) is 0 Å². The highest BCUT2D eigenvalue weighted by Crippen LogP contribution is 2.24. The van der Waals surface area contributed by atoms with E-state index in [2.05, 4.69) is 24.0 Å². The number of furan rings is 1. The van der Waals surface area contributed by atoms with Gasteiger partial charge in [0.2, 0.25) is 0 Å². The van der Waals surface area contributed by atoms with Crippen LogP contribution in [0.15, 0.2) is 34.7 Å². The van der Waals surface area contributed by atoms with E-state index in [1.165, 1.54) is 19.3 Å². The minimum absolute atomic E-state index is 0.0317. The van der Waals surface area contributed by atoms with Crippen molar-refractivity contribution < 1.29 is 4.42 Å². The molecule has 1 saturated heterocycles. The molecule has 2 N–H and O–H groups in total. The lowest BCUT2D eigenvalue weighted by molar-refractivity contribution is 0.255. The number of hydrogen-bond acceptors (Lipinski definition) is 3. The van der Waals surface area contributed by atoms with E-state index in [0.29, 0.717) is 0 Å². The Kier molecular flexibility index (Phi) is 4.08. The number of rotatable bonds is 3. The van der Waals surface area contributed by atoms with E-state index < -0.39 is 0 Å². The Hall–Kier alpha value is -1.32. The van der Waals surface area contributed by atoms with Crippen molar-refractivity contribution >= 4 is 11.0 Å². The fraction of sp³-hybridized carbons (Fsp3) is 0.529. The molecule has 0 spiro atoms. The van der Waals surface area contributed by atoms with E-state index >= 15 is 0 Å². The topological polar surface area (TPSA) is 42.4 Å². The van der Waals surface area contributed by atoms with Crippen molar-refractivity contribution in [3.8, 4) is 0 Å². The molecule has 2 heterocycles. The zero-order valence-electron chi connectivity index (χ0n) is 12.2. The third-order valence-corrected chi connectivity index (χ3v) is 4.37. The first-order valence-electron chi connectivity index (χ1n) is 7.69. The van der Waals surface area contributed by atoms with Crippen LogP contribution < -0.4 is 5.73 Å². The van der Waals surface area contributed by atoms with Crippen molar-refractivity contribution in [1.82, 2.24) is 4.90 Å². The van der Waals surface area contributed by atoms with E-state index in [0.717, 1.165) is 42.3 Å². The molecule has 1 aliphatic heterocycles. The summed E-state index contributed by atoms with van der Waals surface area (Å²) >= 11 is 0. The van der Waals surface area contributed by atoms with Gasteiger partial charge in [-0.1, -0.05) is 25.1 Å². The maximum atomic E-state index is 6.34. The molecule has 3 nitrogen and oxygen atoms in total. The summed E-state index contributed by atoms with van der Waals surface area (Å²) in [6.07, 6.45) is 3.91. The van der Waals surface area contributed by atoms with Crippen molar-refractivity contribution in [3.63, 3.8) is 0 Å². The molecule has 3 heteroatoms. The molecule has 0 saturated carbocycles. The molecule has 0 amide bonds. The maximum Gasteiger partial charge on any atom is 0.134 e. The molecular formula is C17H24N2O. The average Bonchev–Trinajstić information content (AvgIpc) is 2.78. The monoisotopic (exact) mass is 272 g/mol. The molecule has 0 radical (unpaired) electrons. The SMILES string of the molecule is CC1CCCN(CC(N)c2cc3ccccc3o2)CC1. The van der Waals surface area contributed by atoms with E-state index in [1.807, 2.05) is 18.2 Å². The van der Waals surface area contributed by atoms with Gasteiger partial charge >= 0.3 is 0 Å². The number of fused-ring (bicyclic) bond motifs is 1. The molecule has 1 aromatic heterocycles. The predicted octanol–water partition coefficient (Wildman–Crippen LogP) is 3.55. The Morgan fingerprint density at radius 2 is 2.15 bits per heavy atom. The van der Waals surface area contributed by atoms with E-state index in [9.17, 15) is 0 Å². The van der Waals surface area contributed by atoms with Crippen LogP contribution in [-0.2, 0) is 0 Å². The minimum atomic E-state index is -0.0317. The Morgan fingerprint density at radius 3 is 3.00 bits per heavy atom. The van der Waals surface area contributed by atoms with Gasteiger partial charge in [-0.15, -0.1) is 0 Å². The van der Waals surface area contributed by atoms with Gasteiger partial charge in [0.05, 0.1) is 6.04 Å². The lowest BCUT2D eigenvalue weighted by Gasteiger charge is -2.22. The summed E-state index contributed by atoms with van der Waals surface area (Å²) in [5.74, 6) is 1.76. The molecule has 108 valence electrons. The molecule has 2 aromatic rings. The van der Waals surface area contributed by atoms with E-state index in [1.54, 1.807) is 0 Å². The summed E-state index contributed by atoms with van der Waals surface area (Å²) in [5, 5.41) is 1.14. The van der Waals surface area contributed by atoms with Crippen molar-refractivity contribution in [2.75, 3.05) is 19.6 Å². The second-order valence-corrected chi connectivity index (χ2v) is 6.13. The van der Waals surface area contributed by atoms with Gasteiger partial charge in [-0.2, -0.15) is 0 Å². The average molecular weight is 272 g/mol. The Bertz CT molecular complexity index is 530. The van der Waals surface area contributed by atoms with Crippen LogP contribution in [0.25, 0.3) is 11.0 Å². The van der Waals surface area contributed by atoms with Gasteiger partial charge in [-0.05, 0) is 50.4 Å². The first-order chi connectivity index (χ1) is 9.72. The maximum absolute atomic E-state index is 6.34. The fourth-order valence-electron chi connectivity index (χ4n) is 3.06. The van der Waals surface area contributed by atoms with Gasteiger partial charge in [-0.25, -0.2) is 0 Å². The van der Waals surface area contributed by atoms with Gasteiger partial charge in [0, 0.05) is 11.9 Å². The molecule has 0 aliphatic carbocycles. The first-order valence-corrected chi connectivity index (χ1v) is 7.69. The molecule has 20 heavy (non-hydrogen) atoms. The number of hydrogen-bond donors (Lipinski definition) is 1. The van der Waals surface area contributed by atoms with Crippen LogP contribution in [0.5, 0.6) is 0 Å². The number of likely N-dealkylation sites (tertiary alicyclic amines) is 1. The van der Waals surface area contributed by atoms with Crippen LogP contribution in [0.2, 0.25) is 0 Å². The smallest absolute Gasteiger partial charge is 0.134 e. The quantitative estimate of drug-likeness (QED) is 0.929. The van der Waals surface area contributed by atoms with Crippen LogP contribution in [0.3, 0.4) is 0 Å². The lowest BCUT2D eigenvalue weighted by atomic mass is 10.0. The van der Waals surface area contributed by atoms with Crippen LogP contribution >= 0.6 is 0 Å². The second kappa shape index (κ2) is 5.98. The molecular weight excluding hydrogens is 248 g/mol. The lowest BCUT2D eigenvalue weighted by Crippen LogP contribution is -2.32. The van der Waals surface area contributed by atoms with Crippen LogP contribution in [0.4, 0.5) is 0 Å². The normalized spacial score (nSPS) is 22.8. The summed E-state index contributed by atoms with van der Waals surface area (Å²) in [4.78, 5) is 2.49. The van der Waals surface area contributed by atoms with Gasteiger partial charge in [0.15, 0.2) is 0 Å². The third-order valence-electron chi connectivity index (χ3n) is 4.37. The van der Waals surface area contributed by atoms with Gasteiger partial charge in [0.25, 0.3) is 0 Å². The first kappa shape index (κ1) is 13.7. The number of para-hydroxylation sites is 1. The highest BCUT2D eigenvalue weighted by Gasteiger charge is 2.19. The molecule has 2 unspecified atom stereocenters. The number of nitrogens with zero attached hydrogens (tertiary/aromatic N) is 1. The van der Waals surface area contributed by atoms with Gasteiger partial charge in [0.1, 0.15) is 11.3 Å². The molecule has 1 aliphatic rings. The van der Waals surface area contributed by atoms with Crippen molar-refractivity contribution in [2.45, 2.75) is 32.2 Å². The second-order valence-electron chi connectivity index (χ2n) is 6.13. The van der Waals surface area contributed by atoms with Gasteiger partial charge < -0.3 is 15.1 Å². The van der Waals surface area contributed by atoms with Crippen LogP contribution in [0, 0.1) is 5.92 Å². The molecule has 2 atom stereocenters. The van der Waals surface area contributed by atoms with E-state index in [-0.39, 0.29) is 6.04 Å². The highest BCUT2D eigenvalue weighted by atomic mass is 16.3. The minimum Gasteiger partial charge on any atom is -0.459 e. The number of nitrogens with two attached hydrogens (primary N) is 1. The third kappa shape index (κ3) is 3.05. The highest BCUT2D eigenvalue weighted by molar-refractivity contribution is 5.77.